The van der Waals surface area contributed by atoms with Gasteiger partial charge in [0.25, 0.3) is 5.91 Å². The highest BCUT2D eigenvalue weighted by Gasteiger charge is 2.23. The first-order valence-corrected chi connectivity index (χ1v) is 11.5. The second-order valence-electron chi connectivity index (χ2n) is 8.93. The summed E-state index contributed by atoms with van der Waals surface area (Å²) >= 11 is 0. The Kier molecular flexibility index (Phi) is 7.23. The molecule has 3 aromatic rings. The monoisotopic (exact) mass is 479 g/mol. The van der Waals surface area contributed by atoms with Gasteiger partial charge in [0.2, 0.25) is 6.29 Å². The molecular weight excluding hydrogens is 450 g/mol. The lowest BCUT2D eigenvalue weighted by atomic mass is 10.0. The van der Waals surface area contributed by atoms with Crippen LogP contribution in [0.3, 0.4) is 0 Å². The van der Waals surface area contributed by atoms with Crippen LogP contribution < -0.4 is 15.7 Å². The van der Waals surface area contributed by atoms with Crippen LogP contribution in [0.5, 0.6) is 11.5 Å². The van der Waals surface area contributed by atoms with E-state index in [9.17, 15) is 19.8 Å². The Balaban J connectivity index is 1.56. The fourth-order valence-corrected chi connectivity index (χ4v) is 3.89. The van der Waals surface area contributed by atoms with Crippen LogP contribution in [0, 0.1) is 6.92 Å². The minimum atomic E-state index is -0.695. The summed E-state index contributed by atoms with van der Waals surface area (Å²) < 4.78 is 17.0. The van der Waals surface area contributed by atoms with Crippen LogP contribution in [0.15, 0.2) is 57.3 Å². The third-order valence-corrected chi connectivity index (χ3v) is 5.90. The standard InChI is InChI=1S/C27H29NO7/c1-15(2)4-5-17-12-19(6-8-22(17)30)26(31)28-21-13-18-7-9-23(16(3)25(18)35-27(21)32)34-24-14-20(29)10-11-33-24/h4,6-9,12-13,20,24,29-30H,5,10-11,14H2,1-3H3,(H,28,31)/t20-,24-/m1/s1. The number of allylic oxidation sites excluding steroid dienone is 2. The molecule has 1 aliphatic rings. The number of rotatable bonds is 6. The SMILES string of the molecule is CC(C)=CCc1cc(C(=O)Nc2cc3ccc(O[C@@H]4C[C@H](O)CCO4)c(C)c3oc2=O)ccc1O. The first-order chi connectivity index (χ1) is 16.7. The van der Waals surface area contributed by atoms with Crippen molar-refractivity contribution in [1.29, 1.82) is 0 Å². The molecule has 4 rings (SSSR count). The van der Waals surface area contributed by atoms with E-state index in [1.54, 1.807) is 31.2 Å². The lowest BCUT2D eigenvalue weighted by molar-refractivity contribution is -0.137. The number of carbonyl (C=O) groups is 1. The molecule has 2 aromatic carbocycles. The van der Waals surface area contributed by atoms with Gasteiger partial charge in [-0.15, -0.1) is 0 Å². The van der Waals surface area contributed by atoms with Gasteiger partial charge in [0.1, 0.15) is 22.8 Å². The smallest absolute Gasteiger partial charge is 0.360 e. The van der Waals surface area contributed by atoms with Crippen molar-refractivity contribution in [1.82, 2.24) is 0 Å². The van der Waals surface area contributed by atoms with Crippen molar-refractivity contribution < 1.29 is 28.9 Å². The first-order valence-electron chi connectivity index (χ1n) is 11.5. The van der Waals surface area contributed by atoms with Gasteiger partial charge in [0.15, 0.2) is 0 Å². The Morgan fingerprint density at radius 1 is 1.23 bits per heavy atom. The predicted molar refractivity (Wildman–Crippen MR) is 132 cm³/mol. The number of aromatic hydroxyl groups is 1. The van der Waals surface area contributed by atoms with Gasteiger partial charge in [-0.1, -0.05) is 11.6 Å². The van der Waals surface area contributed by atoms with Crippen molar-refractivity contribution in [2.45, 2.75) is 52.4 Å². The Hall–Kier alpha value is -3.62. The summed E-state index contributed by atoms with van der Waals surface area (Å²) in [4.78, 5) is 25.5. The van der Waals surface area contributed by atoms with Gasteiger partial charge >= 0.3 is 5.63 Å². The zero-order chi connectivity index (χ0) is 25.1. The number of ether oxygens (including phenoxy) is 2. The molecule has 8 heteroatoms. The molecule has 184 valence electrons. The molecule has 1 saturated heterocycles. The number of aliphatic hydroxyl groups is 1. The number of hydrogen-bond acceptors (Lipinski definition) is 7. The van der Waals surface area contributed by atoms with E-state index in [-0.39, 0.29) is 11.4 Å². The number of anilines is 1. The number of aryl methyl sites for hydroxylation is 1. The Labute approximate surface area is 202 Å². The van der Waals surface area contributed by atoms with Gasteiger partial charge in [-0.05, 0) is 75.6 Å². The van der Waals surface area contributed by atoms with E-state index in [1.807, 2.05) is 19.9 Å². The molecule has 1 fully saturated rings. The van der Waals surface area contributed by atoms with Crippen molar-refractivity contribution >= 4 is 22.6 Å². The predicted octanol–water partition coefficient (Wildman–Crippen LogP) is 4.44. The van der Waals surface area contributed by atoms with Gasteiger partial charge in [-0.2, -0.15) is 0 Å². The van der Waals surface area contributed by atoms with Crippen LogP contribution in [-0.2, 0) is 11.2 Å². The van der Waals surface area contributed by atoms with Crippen LogP contribution in [0.2, 0.25) is 0 Å². The molecule has 35 heavy (non-hydrogen) atoms. The summed E-state index contributed by atoms with van der Waals surface area (Å²) in [6, 6.07) is 9.59. The molecule has 0 saturated carbocycles. The third-order valence-electron chi connectivity index (χ3n) is 5.90. The highest BCUT2D eigenvalue weighted by atomic mass is 16.7. The van der Waals surface area contributed by atoms with E-state index >= 15 is 0 Å². The maximum Gasteiger partial charge on any atom is 0.360 e. The summed E-state index contributed by atoms with van der Waals surface area (Å²) in [7, 11) is 0. The molecule has 1 aromatic heterocycles. The molecular formula is C27H29NO7. The molecule has 0 bridgehead atoms. The second-order valence-corrected chi connectivity index (χ2v) is 8.93. The Bertz CT molecular complexity index is 1340. The third kappa shape index (κ3) is 5.72. The summed E-state index contributed by atoms with van der Waals surface area (Å²) in [5.41, 5.74) is 2.29. The van der Waals surface area contributed by atoms with Crippen LogP contribution >= 0.6 is 0 Å². The molecule has 0 radical (unpaired) electrons. The van der Waals surface area contributed by atoms with Gasteiger partial charge in [-0.3, -0.25) is 4.79 Å². The van der Waals surface area contributed by atoms with Crippen LogP contribution in [-0.4, -0.2) is 35.1 Å². The maximum atomic E-state index is 12.8. The van der Waals surface area contributed by atoms with Gasteiger partial charge < -0.3 is 29.4 Å². The van der Waals surface area contributed by atoms with Crippen LogP contribution in [0.4, 0.5) is 5.69 Å². The van der Waals surface area contributed by atoms with Gasteiger partial charge in [0, 0.05) is 22.9 Å². The average molecular weight is 480 g/mol. The minimum Gasteiger partial charge on any atom is -0.508 e. The van der Waals surface area contributed by atoms with Gasteiger partial charge in [-0.25, -0.2) is 4.79 Å². The van der Waals surface area contributed by atoms with Crippen LogP contribution in [0.25, 0.3) is 11.0 Å². The quantitative estimate of drug-likeness (QED) is 0.353. The topological polar surface area (TPSA) is 118 Å². The number of phenols is 1. The molecule has 8 nitrogen and oxygen atoms in total. The fraction of sp³-hybridized carbons (Fsp3) is 0.333. The Morgan fingerprint density at radius 2 is 2.03 bits per heavy atom. The van der Waals surface area contributed by atoms with E-state index in [0.29, 0.717) is 59.3 Å². The van der Waals surface area contributed by atoms with E-state index in [1.165, 1.54) is 12.1 Å². The minimum absolute atomic E-state index is 0.00762. The summed E-state index contributed by atoms with van der Waals surface area (Å²) in [6.07, 6.45) is 2.32. The van der Waals surface area contributed by atoms with Crippen LogP contribution in [0.1, 0.15) is 48.2 Å². The van der Waals surface area contributed by atoms with Crippen molar-refractivity contribution in [2.75, 3.05) is 11.9 Å². The zero-order valence-corrected chi connectivity index (χ0v) is 20.0. The average Bonchev–Trinajstić information content (AvgIpc) is 2.81. The normalized spacial score (nSPS) is 17.7. The molecule has 1 aliphatic heterocycles. The number of amides is 1. The molecule has 2 atom stereocenters. The lowest BCUT2D eigenvalue weighted by Crippen LogP contribution is -2.33. The molecule has 2 heterocycles. The van der Waals surface area contributed by atoms with Crippen molar-refractivity contribution in [3.63, 3.8) is 0 Å². The van der Waals surface area contributed by atoms with Crippen molar-refractivity contribution in [3.8, 4) is 11.5 Å². The molecule has 1 amide bonds. The summed E-state index contributed by atoms with van der Waals surface area (Å²) in [6.45, 7) is 6.09. The second kappa shape index (κ2) is 10.3. The number of carbonyl (C=O) groups excluding carboxylic acids is 1. The van der Waals surface area contributed by atoms with E-state index in [4.69, 9.17) is 13.9 Å². The lowest BCUT2D eigenvalue weighted by Gasteiger charge is -2.27. The number of hydrogen-bond donors (Lipinski definition) is 3. The number of aliphatic hydroxyl groups excluding tert-OH is 1. The number of fused-ring (bicyclic) bond motifs is 1. The molecule has 0 spiro atoms. The highest BCUT2D eigenvalue weighted by molar-refractivity contribution is 6.05. The molecule has 3 N–H and O–H groups in total. The summed E-state index contributed by atoms with van der Waals surface area (Å²) in [5.74, 6) is 0.107. The van der Waals surface area contributed by atoms with E-state index in [2.05, 4.69) is 5.32 Å². The molecule has 0 unspecified atom stereocenters. The number of benzene rings is 2. The largest absolute Gasteiger partial charge is 0.508 e. The van der Waals surface area contributed by atoms with Crippen molar-refractivity contribution in [2.24, 2.45) is 0 Å². The van der Waals surface area contributed by atoms with E-state index < -0.39 is 23.9 Å². The maximum absolute atomic E-state index is 12.8. The number of nitrogens with one attached hydrogen (secondary N) is 1. The first kappa shape index (κ1) is 24.5. The highest BCUT2D eigenvalue weighted by Crippen LogP contribution is 2.30. The Morgan fingerprint density at radius 3 is 2.77 bits per heavy atom. The fourth-order valence-electron chi connectivity index (χ4n) is 3.89. The van der Waals surface area contributed by atoms with Gasteiger partial charge in [0.05, 0.1) is 12.7 Å². The van der Waals surface area contributed by atoms with Crippen molar-refractivity contribution in [3.05, 3.63) is 75.2 Å². The number of phenolic OH excluding ortho intramolecular Hbond substituents is 1. The zero-order valence-electron chi connectivity index (χ0n) is 20.0. The van der Waals surface area contributed by atoms with E-state index in [0.717, 1.165) is 5.57 Å². The molecule has 0 aliphatic carbocycles. The summed E-state index contributed by atoms with van der Waals surface area (Å²) in [5, 5.41) is 23.1.